The summed E-state index contributed by atoms with van der Waals surface area (Å²) in [6.07, 6.45) is 4.06. The van der Waals surface area contributed by atoms with Gasteiger partial charge in [-0.2, -0.15) is 0 Å². The lowest BCUT2D eigenvalue weighted by molar-refractivity contribution is 0.111. The van der Waals surface area contributed by atoms with Crippen molar-refractivity contribution in [3.05, 3.63) is 42.0 Å². The van der Waals surface area contributed by atoms with Gasteiger partial charge < -0.3 is 0 Å². The van der Waals surface area contributed by atoms with Crippen molar-refractivity contribution in [2.45, 2.75) is 6.92 Å². The Labute approximate surface area is 87.0 Å². The highest BCUT2D eigenvalue weighted by Gasteiger charge is 2.03. The standard InChI is InChI=1S/C11H9N3O/c1-8-6-10(7-15)14-11(13-8)9-2-4-12-5-3-9/h2-7H,1H3. The molecule has 4 nitrogen and oxygen atoms in total. The van der Waals surface area contributed by atoms with Gasteiger partial charge in [0.1, 0.15) is 5.69 Å². The van der Waals surface area contributed by atoms with Crippen LogP contribution < -0.4 is 0 Å². The molecule has 0 fully saturated rings. The summed E-state index contributed by atoms with van der Waals surface area (Å²) in [5.74, 6) is 0.555. The Kier molecular flexibility index (Phi) is 2.49. The van der Waals surface area contributed by atoms with Crippen LogP contribution in [0.5, 0.6) is 0 Å². The fraction of sp³-hybridized carbons (Fsp3) is 0.0909. The minimum atomic E-state index is 0.398. The van der Waals surface area contributed by atoms with Gasteiger partial charge in [0.25, 0.3) is 0 Å². The molecule has 0 bridgehead atoms. The third kappa shape index (κ3) is 2.04. The number of aldehydes is 1. The summed E-state index contributed by atoms with van der Waals surface area (Å²) in [6, 6.07) is 5.27. The van der Waals surface area contributed by atoms with E-state index in [4.69, 9.17) is 0 Å². The molecule has 0 saturated heterocycles. The fourth-order valence-corrected chi connectivity index (χ4v) is 1.28. The van der Waals surface area contributed by atoms with E-state index in [1.165, 1.54) is 0 Å². The van der Waals surface area contributed by atoms with Crippen molar-refractivity contribution in [1.29, 1.82) is 0 Å². The van der Waals surface area contributed by atoms with Crippen LogP contribution in [0.15, 0.2) is 30.6 Å². The molecule has 0 amide bonds. The van der Waals surface area contributed by atoms with Gasteiger partial charge in [-0.1, -0.05) is 0 Å². The molecule has 0 aliphatic rings. The summed E-state index contributed by atoms with van der Waals surface area (Å²) in [7, 11) is 0. The Bertz CT molecular complexity index is 482. The van der Waals surface area contributed by atoms with Crippen molar-refractivity contribution >= 4 is 6.29 Å². The molecule has 0 aliphatic carbocycles. The molecule has 0 saturated carbocycles. The van der Waals surface area contributed by atoms with Crippen LogP contribution in [0.4, 0.5) is 0 Å². The summed E-state index contributed by atoms with van der Waals surface area (Å²) >= 11 is 0. The third-order valence-corrected chi connectivity index (χ3v) is 1.93. The van der Waals surface area contributed by atoms with E-state index in [2.05, 4.69) is 15.0 Å². The SMILES string of the molecule is Cc1cc(C=O)nc(-c2ccncc2)n1. The van der Waals surface area contributed by atoms with Gasteiger partial charge in [-0.25, -0.2) is 9.97 Å². The maximum absolute atomic E-state index is 10.6. The predicted molar refractivity (Wildman–Crippen MR) is 55.4 cm³/mol. The molecular formula is C11H9N3O. The van der Waals surface area contributed by atoms with Crippen molar-refractivity contribution in [2.75, 3.05) is 0 Å². The summed E-state index contributed by atoms with van der Waals surface area (Å²) in [5, 5.41) is 0. The topological polar surface area (TPSA) is 55.7 Å². The zero-order valence-corrected chi connectivity index (χ0v) is 8.21. The van der Waals surface area contributed by atoms with E-state index >= 15 is 0 Å². The predicted octanol–water partition coefficient (Wildman–Crippen LogP) is 1.66. The van der Waals surface area contributed by atoms with Gasteiger partial charge in [0.2, 0.25) is 0 Å². The normalized spacial score (nSPS) is 9.93. The number of nitrogens with zero attached hydrogens (tertiary/aromatic N) is 3. The molecule has 74 valence electrons. The number of hydrogen-bond acceptors (Lipinski definition) is 4. The van der Waals surface area contributed by atoms with E-state index in [-0.39, 0.29) is 0 Å². The third-order valence-electron chi connectivity index (χ3n) is 1.93. The molecule has 0 N–H and O–H groups in total. The van der Waals surface area contributed by atoms with Gasteiger partial charge >= 0.3 is 0 Å². The first-order chi connectivity index (χ1) is 7.29. The molecule has 4 heteroatoms. The number of carbonyl (C=O) groups is 1. The quantitative estimate of drug-likeness (QED) is 0.690. The highest BCUT2D eigenvalue weighted by atomic mass is 16.1. The van der Waals surface area contributed by atoms with Crippen LogP contribution in [0, 0.1) is 6.92 Å². The van der Waals surface area contributed by atoms with Crippen LogP contribution >= 0.6 is 0 Å². The Balaban J connectivity index is 2.53. The molecule has 0 unspecified atom stereocenters. The van der Waals surface area contributed by atoms with Crippen molar-refractivity contribution in [3.8, 4) is 11.4 Å². The molecule has 0 aromatic carbocycles. The van der Waals surface area contributed by atoms with Crippen LogP contribution in [-0.2, 0) is 0 Å². The number of carbonyl (C=O) groups excluding carboxylic acids is 1. The molecule has 2 aromatic rings. The van der Waals surface area contributed by atoms with Gasteiger partial charge in [-0.15, -0.1) is 0 Å². The van der Waals surface area contributed by atoms with Crippen molar-refractivity contribution < 1.29 is 4.79 Å². The Morgan fingerprint density at radius 3 is 2.60 bits per heavy atom. The summed E-state index contributed by atoms with van der Waals surface area (Å²) < 4.78 is 0. The molecule has 0 aliphatic heterocycles. The zero-order valence-electron chi connectivity index (χ0n) is 8.21. The minimum Gasteiger partial charge on any atom is -0.296 e. The Morgan fingerprint density at radius 2 is 1.93 bits per heavy atom. The number of rotatable bonds is 2. The smallest absolute Gasteiger partial charge is 0.168 e. The molecule has 2 heterocycles. The second-order valence-corrected chi connectivity index (χ2v) is 3.11. The van der Waals surface area contributed by atoms with Crippen LogP contribution in [0.3, 0.4) is 0 Å². The average Bonchev–Trinajstić information content (AvgIpc) is 2.29. The van der Waals surface area contributed by atoms with Crippen molar-refractivity contribution in [3.63, 3.8) is 0 Å². The van der Waals surface area contributed by atoms with E-state index in [9.17, 15) is 4.79 Å². The largest absolute Gasteiger partial charge is 0.296 e. The average molecular weight is 199 g/mol. The maximum Gasteiger partial charge on any atom is 0.168 e. The molecule has 0 radical (unpaired) electrons. The molecule has 0 spiro atoms. The van der Waals surface area contributed by atoms with E-state index < -0.39 is 0 Å². The summed E-state index contributed by atoms with van der Waals surface area (Å²) in [5.41, 5.74) is 2.03. The molecule has 0 atom stereocenters. The molecule has 15 heavy (non-hydrogen) atoms. The first-order valence-corrected chi connectivity index (χ1v) is 4.51. The van der Waals surface area contributed by atoms with Gasteiger partial charge in [0, 0.05) is 23.7 Å². The second-order valence-electron chi connectivity index (χ2n) is 3.11. The van der Waals surface area contributed by atoms with Gasteiger partial charge in [0.05, 0.1) is 0 Å². The van der Waals surface area contributed by atoms with E-state index in [1.807, 2.05) is 19.1 Å². The zero-order chi connectivity index (χ0) is 10.7. The summed E-state index contributed by atoms with van der Waals surface area (Å²) in [6.45, 7) is 1.83. The lowest BCUT2D eigenvalue weighted by atomic mass is 10.2. The number of aryl methyl sites for hydroxylation is 1. The van der Waals surface area contributed by atoms with Crippen molar-refractivity contribution in [1.82, 2.24) is 15.0 Å². The van der Waals surface area contributed by atoms with Crippen LogP contribution in [-0.4, -0.2) is 21.2 Å². The summed E-state index contributed by atoms with van der Waals surface area (Å²) in [4.78, 5) is 22.9. The highest BCUT2D eigenvalue weighted by Crippen LogP contribution is 2.13. The van der Waals surface area contributed by atoms with E-state index in [0.717, 1.165) is 17.5 Å². The van der Waals surface area contributed by atoms with Crippen LogP contribution in [0.2, 0.25) is 0 Å². The molecule has 2 rings (SSSR count). The second kappa shape index (κ2) is 3.96. The molecular weight excluding hydrogens is 190 g/mol. The maximum atomic E-state index is 10.6. The van der Waals surface area contributed by atoms with Gasteiger partial charge in [0.15, 0.2) is 12.1 Å². The van der Waals surface area contributed by atoms with E-state index in [1.54, 1.807) is 18.5 Å². The van der Waals surface area contributed by atoms with Crippen LogP contribution in [0.1, 0.15) is 16.2 Å². The lowest BCUT2D eigenvalue weighted by Gasteiger charge is -2.01. The Morgan fingerprint density at radius 1 is 1.20 bits per heavy atom. The number of aromatic nitrogens is 3. The van der Waals surface area contributed by atoms with Gasteiger partial charge in [-0.05, 0) is 25.1 Å². The van der Waals surface area contributed by atoms with Crippen LogP contribution in [0.25, 0.3) is 11.4 Å². The fourth-order valence-electron chi connectivity index (χ4n) is 1.28. The highest BCUT2D eigenvalue weighted by molar-refractivity contribution is 5.73. The number of hydrogen-bond donors (Lipinski definition) is 0. The monoisotopic (exact) mass is 199 g/mol. The number of pyridine rings is 1. The molecule has 2 aromatic heterocycles. The lowest BCUT2D eigenvalue weighted by Crippen LogP contribution is -1.96. The van der Waals surface area contributed by atoms with E-state index in [0.29, 0.717) is 11.5 Å². The first-order valence-electron chi connectivity index (χ1n) is 4.51. The Hall–Kier alpha value is -2.10. The van der Waals surface area contributed by atoms with Crippen molar-refractivity contribution in [2.24, 2.45) is 0 Å². The van der Waals surface area contributed by atoms with Gasteiger partial charge in [-0.3, -0.25) is 9.78 Å². The minimum absolute atomic E-state index is 0.398. The first kappa shape index (κ1) is 9.45.